The Bertz CT molecular complexity index is 406. The molecule has 0 bridgehead atoms. The van der Waals surface area contributed by atoms with Gasteiger partial charge in [-0.15, -0.1) is 0 Å². The molecule has 4 atom stereocenters. The second-order valence-electron chi connectivity index (χ2n) is 4.47. The quantitative estimate of drug-likeness (QED) is 0.365. The average Bonchev–Trinajstić information content (AvgIpc) is 2.39. The Morgan fingerprint density at radius 3 is 2.16 bits per heavy atom. The summed E-state index contributed by atoms with van der Waals surface area (Å²) in [5, 5.41) is 41.3. The number of hydrogen-bond donors (Lipinski definition) is 5. The van der Waals surface area contributed by atoms with Gasteiger partial charge in [0, 0.05) is 0 Å². The van der Waals surface area contributed by atoms with E-state index in [1.807, 2.05) is 31.2 Å². The summed E-state index contributed by atoms with van der Waals surface area (Å²) in [6.45, 7) is 3.28. The van der Waals surface area contributed by atoms with E-state index in [1.165, 1.54) is 6.92 Å². The van der Waals surface area contributed by atoms with Crippen LogP contribution in [0.25, 0.3) is 0 Å². The van der Waals surface area contributed by atoms with Gasteiger partial charge in [-0.1, -0.05) is 17.7 Å². The Balaban J connectivity index is 2.50. The van der Waals surface area contributed by atoms with Crippen LogP contribution in [0.2, 0.25) is 0 Å². The number of aryl methyl sites for hydroxylation is 1. The molecule has 106 valence electrons. The van der Waals surface area contributed by atoms with E-state index >= 15 is 0 Å². The number of hydrazone groups is 1. The van der Waals surface area contributed by atoms with E-state index < -0.39 is 24.4 Å². The van der Waals surface area contributed by atoms with Crippen LogP contribution in [0.3, 0.4) is 0 Å². The molecule has 5 N–H and O–H groups in total. The molecule has 6 heteroatoms. The lowest BCUT2D eigenvalue weighted by Crippen LogP contribution is -2.44. The lowest BCUT2D eigenvalue weighted by Gasteiger charge is -2.22. The molecule has 0 aliphatic rings. The molecule has 0 saturated carbocycles. The van der Waals surface area contributed by atoms with Gasteiger partial charge in [0.1, 0.15) is 18.3 Å². The number of aliphatic hydroxyl groups is 4. The van der Waals surface area contributed by atoms with Crippen LogP contribution in [0, 0.1) is 6.92 Å². The predicted octanol–water partition coefficient (Wildman–Crippen LogP) is -0.144. The normalized spacial score (nSPS) is 18.0. The fourth-order valence-corrected chi connectivity index (χ4v) is 1.39. The number of aliphatic hydroxyl groups excluding tert-OH is 4. The summed E-state index contributed by atoms with van der Waals surface area (Å²) in [6, 6.07) is 7.45. The van der Waals surface area contributed by atoms with E-state index in [9.17, 15) is 15.3 Å². The van der Waals surface area contributed by atoms with Crippen LogP contribution in [0.4, 0.5) is 5.69 Å². The lowest BCUT2D eigenvalue weighted by molar-refractivity contribution is -0.0820. The van der Waals surface area contributed by atoms with Crippen molar-refractivity contribution in [1.29, 1.82) is 0 Å². The summed E-state index contributed by atoms with van der Waals surface area (Å²) in [6.07, 6.45) is -4.37. The zero-order valence-electron chi connectivity index (χ0n) is 10.9. The molecule has 0 fully saturated rings. The predicted molar refractivity (Wildman–Crippen MR) is 73.0 cm³/mol. The molecule has 0 aromatic heterocycles. The Morgan fingerprint density at radius 1 is 1.05 bits per heavy atom. The van der Waals surface area contributed by atoms with Crippen molar-refractivity contribution in [3.63, 3.8) is 0 Å². The topological polar surface area (TPSA) is 105 Å². The molecule has 0 aliphatic carbocycles. The first-order valence-corrected chi connectivity index (χ1v) is 6.00. The number of anilines is 1. The first-order chi connectivity index (χ1) is 8.91. The van der Waals surface area contributed by atoms with Crippen molar-refractivity contribution in [2.75, 3.05) is 5.43 Å². The zero-order valence-corrected chi connectivity index (χ0v) is 10.9. The minimum atomic E-state index is -1.50. The molecule has 0 amide bonds. The van der Waals surface area contributed by atoms with Gasteiger partial charge in [-0.3, -0.25) is 5.43 Å². The molecular formula is C13H20N2O4. The highest BCUT2D eigenvalue weighted by Crippen LogP contribution is 2.08. The molecule has 0 spiro atoms. The summed E-state index contributed by atoms with van der Waals surface area (Å²) < 4.78 is 0. The van der Waals surface area contributed by atoms with Crippen molar-refractivity contribution in [2.45, 2.75) is 38.3 Å². The molecule has 6 nitrogen and oxygen atoms in total. The number of nitrogens with one attached hydrogen (secondary N) is 1. The van der Waals surface area contributed by atoms with Gasteiger partial charge in [-0.2, -0.15) is 5.10 Å². The molecule has 4 unspecified atom stereocenters. The Labute approximate surface area is 112 Å². The molecule has 0 radical (unpaired) electrons. The lowest BCUT2D eigenvalue weighted by atomic mass is 10.1. The van der Waals surface area contributed by atoms with E-state index in [2.05, 4.69) is 10.5 Å². The Kier molecular flexibility index (Phi) is 5.91. The number of rotatable bonds is 6. The van der Waals surface area contributed by atoms with Gasteiger partial charge in [-0.05, 0) is 26.0 Å². The van der Waals surface area contributed by atoms with Gasteiger partial charge < -0.3 is 20.4 Å². The number of nitrogens with zero attached hydrogens (tertiary/aromatic N) is 1. The Hall–Kier alpha value is -1.47. The van der Waals surface area contributed by atoms with Crippen LogP contribution in [-0.2, 0) is 0 Å². The Morgan fingerprint density at radius 2 is 1.63 bits per heavy atom. The highest BCUT2D eigenvalue weighted by atomic mass is 16.4. The van der Waals surface area contributed by atoms with Crippen molar-refractivity contribution in [3.8, 4) is 0 Å². The van der Waals surface area contributed by atoms with Crippen LogP contribution in [0.15, 0.2) is 29.4 Å². The third-order valence-electron chi connectivity index (χ3n) is 2.67. The van der Waals surface area contributed by atoms with E-state index in [0.29, 0.717) is 0 Å². The monoisotopic (exact) mass is 268 g/mol. The second kappa shape index (κ2) is 7.20. The maximum absolute atomic E-state index is 9.55. The SMILES string of the molecule is Cc1ccc(N/N=C/C(O)C(O)C(O)C(C)O)cc1. The molecule has 0 saturated heterocycles. The minimum Gasteiger partial charge on any atom is -0.391 e. The van der Waals surface area contributed by atoms with Crippen molar-refractivity contribution in [3.05, 3.63) is 29.8 Å². The standard InChI is InChI=1S/C13H20N2O4/c1-8-3-5-10(6-4-8)15-14-7-11(17)13(19)12(18)9(2)16/h3-7,9,11-13,15-19H,1-2H3/b14-7+. The first kappa shape index (κ1) is 15.6. The largest absolute Gasteiger partial charge is 0.391 e. The molecule has 0 heterocycles. The van der Waals surface area contributed by atoms with E-state index in [-0.39, 0.29) is 0 Å². The summed E-state index contributed by atoms with van der Waals surface area (Å²) >= 11 is 0. The molecule has 1 aromatic rings. The third kappa shape index (κ3) is 4.96. The number of hydrogen-bond acceptors (Lipinski definition) is 6. The molecule has 1 aromatic carbocycles. The first-order valence-electron chi connectivity index (χ1n) is 6.00. The van der Waals surface area contributed by atoms with Gasteiger partial charge in [0.25, 0.3) is 0 Å². The highest BCUT2D eigenvalue weighted by Gasteiger charge is 2.26. The fourth-order valence-electron chi connectivity index (χ4n) is 1.39. The fraction of sp³-hybridized carbons (Fsp3) is 0.462. The van der Waals surface area contributed by atoms with E-state index in [0.717, 1.165) is 17.5 Å². The van der Waals surface area contributed by atoms with E-state index in [1.54, 1.807) is 0 Å². The van der Waals surface area contributed by atoms with Crippen molar-refractivity contribution >= 4 is 11.9 Å². The zero-order chi connectivity index (χ0) is 14.4. The van der Waals surface area contributed by atoms with Crippen molar-refractivity contribution < 1.29 is 20.4 Å². The van der Waals surface area contributed by atoms with Gasteiger partial charge >= 0.3 is 0 Å². The molecule has 1 rings (SSSR count). The summed E-state index contributed by atoms with van der Waals surface area (Å²) in [5.74, 6) is 0. The third-order valence-corrected chi connectivity index (χ3v) is 2.67. The van der Waals surface area contributed by atoms with Crippen molar-refractivity contribution in [1.82, 2.24) is 0 Å². The van der Waals surface area contributed by atoms with Crippen LogP contribution >= 0.6 is 0 Å². The van der Waals surface area contributed by atoms with Gasteiger partial charge in [0.2, 0.25) is 0 Å². The summed E-state index contributed by atoms with van der Waals surface area (Å²) in [4.78, 5) is 0. The van der Waals surface area contributed by atoms with Gasteiger partial charge in [0.05, 0.1) is 18.0 Å². The van der Waals surface area contributed by atoms with E-state index in [4.69, 9.17) is 5.11 Å². The van der Waals surface area contributed by atoms with Gasteiger partial charge in [0.15, 0.2) is 0 Å². The second-order valence-corrected chi connectivity index (χ2v) is 4.47. The van der Waals surface area contributed by atoms with Crippen LogP contribution in [0.5, 0.6) is 0 Å². The minimum absolute atomic E-state index is 0.736. The van der Waals surface area contributed by atoms with Crippen LogP contribution in [-0.4, -0.2) is 51.1 Å². The highest BCUT2D eigenvalue weighted by molar-refractivity contribution is 5.65. The summed E-state index contributed by atoms with van der Waals surface area (Å²) in [7, 11) is 0. The van der Waals surface area contributed by atoms with Crippen LogP contribution < -0.4 is 5.43 Å². The van der Waals surface area contributed by atoms with Crippen LogP contribution in [0.1, 0.15) is 12.5 Å². The smallest absolute Gasteiger partial charge is 0.119 e. The maximum Gasteiger partial charge on any atom is 0.119 e. The molecular weight excluding hydrogens is 248 g/mol. The van der Waals surface area contributed by atoms with Gasteiger partial charge in [-0.25, -0.2) is 0 Å². The maximum atomic E-state index is 9.55. The molecule has 0 aliphatic heterocycles. The summed E-state index contributed by atoms with van der Waals surface area (Å²) in [5.41, 5.74) is 4.53. The van der Waals surface area contributed by atoms with Crippen molar-refractivity contribution in [2.24, 2.45) is 5.10 Å². The average molecular weight is 268 g/mol. The molecule has 19 heavy (non-hydrogen) atoms. The number of benzene rings is 1.